The van der Waals surface area contributed by atoms with Crippen molar-refractivity contribution in [3.63, 3.8) is 0 Å². The first kappa shape index (κ1) is 16.4. The minimum Gasteiger partial charge on any atom is -0.338 e. The summed E-state index contributed by atoms with van der Waals surface area (Å²) in [5, 5.41) is 3.00. The summed E-state index contributed by atoms with van der Waals surface area (Å²) < 4.78 is 29.7. The molecule has 0 N–H and O–H groups in total. The van der Waals surface area contributed by atoms with Crippen molar-refractivity contribution in [1.29, 1.82) is 0 Å². The Labute approximate surface area is 131 Å². The monoisotopic (exact) mass is 320 g/mol. The summed E-state index contributed by atoms with van der Waals surface area (Å²) in [5.41, 5.74) is 0.966. The lowest BCUT2D eigenvalue weighted by molar-refractivity contribution is 0.371. The Hall–Kier alpha value is -1.95. The average molecular weight is 320 g/mol. The van der Waals surface area contributed by atoms with Crippen LogP contribution in [0.3, 0.4) is 0 Å². The van der Waals surface area contributed by atoms with Gasteiger partial charge in [-0.3, -0.25) is 0 Å². The van der Waals surface area contributed by atoms with Gasteiger partial charge in [0.05, 0.1) is 5.75 Å². The number of sulfone groups is 1. The fourth-order valence-electron chi connectivity index (χ4n) is 1.94. The maximum Gasteiger partial charge on any atom is 0.244 e. The molecule has 0 amide bonds. The number of rotatable bonds is 7. The maximum atomic E-state index is 12.3. The summed E-state index contributed by atoms with van der Waals surface area (Å²) in [6.07, 6.45) is 5.01. The molecule has 0 aliphatic rings. The zero-order valence-corrected chi connectivity index (χ0v) is 13.6. The van der Waals surface area contributed by atoms with Crippen molar-refractivity contribution < 1.29 is 12.9 Å². The minimum absolute atomic E-state index is 0.0610. The predicted molar refractivity (Wildman–Crippen MR) is 86.0 cm³/mol. The molecular weight excluding hydrogens is 300 g/mol. The van der Waals surface area contributed by atoms with Crippen LogP contribution in [0, 0.1) is 0 Å². The van der Waals surface area contributed by atoms with Gasteiger partial charge in [0, 0.05) is 6.42 Å². The highest BCUT2D eigenvalue weighted by molar-refractivity contribution is 7.91. The van der Waals surface area contributed by atoms with Crippen LogP contribution < -0.4 is 0 Å². The largest absolute Gasteiger partial charge is 0.338 e. The molecule has 0 saturated carbocycles. The molecule has 0 saturated heterocycles. The standard InChI is InChI=1S/C16H20N2O3S/c1-3-8-15-17-16(21-18-15)13(2)22(19,20)12-7-11-14-9-5-4-6-10-14/h4-7,9-11,13H,3,8,12H2,1-2H3/b11-7+. The van der Waals surface area contributed by atoms with Crippen LogP contribution in [0.1, 0.15) is 42.8 Å². The van der Waals surface area contributed by atoms with Crippen molar-refractivity contribution in [1.82, 2.24) is 10.1 Å². The summed E-state index contributed by atoms with van der Waals surface area (Å²) in [4.78, 5) is 4.15. The van der Waals surface area contributed by atoms with Crippen molar-refractivity contribution in [3.8, 4) is 0 Å². The van der Waals surface area contributed by atoms with Gasteiger partial charge in [-0.1, -0.05) is 54.6 Å². The molecule has 2 rings (SSSR count). The van der Waals surface area contributed by atoms with E-state index in [2.05, 4.69) is 10.1 Å². The number of hydrogen-bond acceptors (Lipinski definition) is 5. The minimum atomic E-state index is -3.37. The zero-order valence-electron chi connectivity index (χ0n) is 12.8. The molecule has 0 aliphatic carbocycles. The molecule has 118 valence electrons. The van der Waals surface area contributed by atoms with Gasteiger partial charge in [-0.2, -0.15) is 4.98 Å². The van der Waals surface area contributed by atoms with E-state index in [1.165, 1.54) is 0 Å². The zero-order chi connectivity index (χ0) is 16.0. The third-order valence-corrected chi connectivity index (χ3v) is 5.22. The second-order valence-corrected chi connectivity index (χ2v) is 7.45. The molecule has 0 bridgehead atoms. The van der Waals surface area contributed by atoms with Crippen LogP contribution in [0.4, 0.5) is 0 Å². The van der Waals surface area contributed by atoms with E-state index in [0.29, 0.717) is 12.2 Å². The number of hydrogen-bond donors (Lipinski definition) is 0. The van der Waals surface area contributed by atoms with E-state index in [1.807, 2.05) is 37.3 Å². The molecule has 5 nitrogen and oxygen atoms in total. The van der Waals surface area contributed by atoms with E-state index in [-0.39, 0.29) is 11.6 Å². The fraction of sp³-hybridized carbons (Fsp3) is 0.375. The Morgan fingerprint density at radius 1 is 1.27 bits per heavy atom. The van der Waals surface area contributed by atoms with Crippen LogP contribution in [0.25, 0.3) is 6.08 Å². The molecule has 2 aromatic rings. The number of benzene rings is 1. The van der Waals surface area contributed by atoms with Gasteiger partial charge in [0.2, 0.25) is 5.89 Å². The van der Waals surface area contributed by atoms with Crippen LogP contribution in [-0.4, -0.2) is 24.3 Å². The molecule has 1 aromatic heterocycles. The lowest BCUT2D eigenvalue weighted by Crippen LogP contribution is -2.13. The molecule has 1 heterocycles. The van der Waals surface area contributed by atoms with E-state index in [0.717, 1.165) is 12.0 Å². The molecule has 1 aromatic carbocycles. The Balaban J connectivity index is 2.04. The summed E-state index contributed by atoms with van der Waals surface area (Å²) in [6, 6.07) is 9.57. The Bertz CT molecular complexity index is 721. The van der Waals surface area contributed by atoms with Crippen molar-refractivity contribution in [2.45, 2.75) is 31.9 Å². The molecule has 1 atom stereocenters. The highest BCUT2D eigenvalue weighted by atomic mass is 32.2. The Morgan fingerprint density at radius 3 is 2.68 bits per heavy atom. The maximum absolute atomic E-state index is 12.3. The second kappa shape index (κ2) is 7.35. The molecule has 0 radical (unpaired) electrons. The Morgan fingerprint density at radius 2 is 2.00 bits per heavy atom. The number of aryl methyl sites for hydroxylation is 1. The SMILES string of the molecule is CCCc1noc(C(C)S(=O)(=O)C/C=C/c2ccccc2)n1. The lowest BCUT2D eigenvalue weighted by atomic mass is 10.2. The highest BCUT2D eigenvalue weighted by Crippen LogP contribution is 2.21. The normalized spacial score (nSPS) is 13.5. The molecule has 22 heavy (non-hydrogen) atoms. The van der Waals surface area contributed by atoms with E-state index in [9.17, 15) is 8.42 Å². The van der Waals surface area contributed by atoms with Crippen LogP contribution in [0.2, 0.25) is 0 Å². The van der Waals surface area contributed by atoms with Gasteiger partial charge in [0.1, 0.15) is 5.25 Å². The van der Waals surface area contributed by atoms with Crippen LogP contribution in [-0.2, 0) is 16.3 Å². The number of aromatic nitrogens is 2. The van der Waals surface area contributed by atoms with Crippen LogP contribution in [0.5, 0.6) is 0 Å². The van der Waals surface area contributed by atoms with Gasteiger partial charge < -0.3 is 4.52 Å². The molecule has 0 spiro atoms. The smallest absolute Gasteiger partial charge is 0.244 e. The predicted octanol–water partition coefficient (Wildman–Crippen LogP) is 3.21. The van der Waals surface area contributed by atoms with Gasteiger partial charge in [-0.15, -0.1) is 0 Å². The summed E-state index contributed by atoms with van der Waals surface area (Å²) in [7, 11) is -3.37. The first-order valence-electron chi connectivity index (χ1n) is 7.28. The third-order valence-electron chi connectivity index (χ3n) is 3.28. The van der Waals surface area contributed by atoms with Crippen LogP contribution in [0.15, 0.2) is 40.9 Å². The third kappa shape index (κ3) is 4.27. The van der Waals surface area contributed by atoms with Gasteiger partial charge in [-0.05, 0) is 18.9 Å². The quantitative estimate of drug-likeness (QED) is 0.783. The highest BCUT2D eigenvalue weighted by Gasteiger charge is 2.26. The first-order chi connectivity index (χ1) is 10.5. The molecule has 0 fully saturated rings. The summed E-state index contributed by atoms with van der Waals surface area (Å²) in [5.74, 6) is 0.658. The number of nitrogens with zero attached hydrogens (tertiary/aromatic N) is 2. The van der Waals surface area contributed by atoms with Gasteiger partial charge in [0.15, 0.2) is 15.7 Å². The van der Waals surface area contributed by atoms with Gasteiger partial charge in [0.25, 0.3) is 0 Å². The summed E-state index contributed by atoms with van der Waals surface area (Å²) in [6.45, 7) is 3.58. The summed E-state index contributed by atoms with van der Waals surface area (Å²) >= 11 is 0. The second-order valence-electron chi connectivity index (χ2n) is 5.08. The van der Waals surface area contributed by atoms with Gasteiger partial charge in [-0.25, -0.2) is 8.42 Å². The first-order valence-corrected chi connectivity index (χ1v) is 9.00. The van der Waals surface area contributed by atoms with Crippen molar-refractivity contribution in [2.75, 3.05) is 5.75 Å². The van der Waals surface area contributed by atoms with Crippen molar-refractivity contribution >= 4 is 15.9 Å². The van der Waals surface area contributed by atoms with E-state index >= 15 is 0 Å². The van der Waals surface area contributed by atoms with Crippen LogP contribution >= 0.6 is 0 Å². The van der Waals surface area contributed by atoms with E-state index in [1.54, 1.807) is 19.1 Å². The lowest BCUT2D eigenvalue weighted by Gasteiger charge is -2.06. The molecule has 6 heteroatoms. The topological polar surface area (TPSA) is 73.1 Å². The van der Waals surface area contributed by atoms with Crippen molar-refractivity contribution in [2.24, 2.45) is 0 Å². The Kier molecular flexibility index (Phi) is 5.49. The van der Waals surface area contributed by atoms with Gasteiger partial charge >= 0.3 is 0 Å². The van der Waals surface area contributed by atoms with Crippen molar-refractivity contribution in [3.05, 3.63) is 53.7 Å². The average Bonchev–Trinajstić information content (AvgIpc) is 2.96. The molecule has 0 aliphatic heterocycles. The van der Waals surface area contributed by atoms with E-state index in [4.69, 9.17) is 4.52 Å². The molecular formula is C16H20N2O3S. The molecule has 1 unspecified atom stereocenters. The van der Waals surface area contributed by atoms with E-state index < -0.39 is 15.1 Å². The fourth-order valence-corrected chi connectivity index (χ4v) is 2.99.